The Morgan fingerprint density at radius 2 is 2.05 bits per heavy atom. The number of aryl methyl sites for hydroxylation is 1. The molecule has 0 atom stereocenters. The summed E-state index contributed by atoms with van der Waals surface area (Å²) in [5, 5.41) is 7.56. The third-order valence-corrected chi connectivity index (χ3v) is 5.45. The Kier molecular flexibility index (Phi) is 6.79. The molecule has 0 aliphatic rings. The number of sulfonamides is 1. The van der Waals surface area contributed by atoms with E-state index in [4.69, 9.17) is 4.74 Å². The van der Waals surface area contributed by atoms with Crippen molar-refractivity contribution in [3.8, 4) is 0 Å². The van der Waals surface area contributed by atoms with Gasteiger partial charge in [-0.3, -0.25) is 4.68 Å². The number of rotatable bonds is 9. The van der Waals surface area contributed by atoms with Crippen molar-refractivity contribution in [1.29, 1.82) is 0 Å². The first-order valence-electron chi connectivity index (χ1n) is 7.06. The van der Waals surface area contributed by atoms with Crippen LogP contribution in [0.1, 0.15) is 18.3 Å². The Balaban J connectivity index is 3.01. The zero-order chi connectivity index (χ0) is 16.0. The van der Waals surface area contributed by atoms with Gasteiger partial charge >= 0.3 is 0 Å². The highest BCUT2D eigenvalue weighted by Crippen LogP contribution is 2.22. The predicted molar refractivity (Wildman–Crippen MR) is 81.9 cm³/mol. The van der Waals surface area contributed by atoms with E-state index in [-0.39, 0.29) is 0 Å². The van der Waals surface area contributed by atoms with Gasteiger partial charge in [-0.2, -0.15) is 9.40 Å². The lowest BCUT2D eigenvalue weighted by molar-refractivity contribution is 0.185. The van der Waals surface area contributed by atoms with Crippen molar-refractivity contribution in [2.24, 2.45) is 0 Å². The molecule has 1 aromatic rings. The van der Waals surface area contributed by atoms with E-state index in [0.29, 0.717) is 36.0 Å². The molecule has 7 nitrogen and oxygen atoms in total. The lowest BCUT2D eigenvalue weighted by Gasteiger charge is -2.17. The molecule has 0 fully saturated rings. The number of ether oxygens (including phenoxy) is 1. The van der Waals surface area contributed by atoms with Crippen LogP contribution >= 0.6 is 0 Å². The molecule has 0 spiro atoms. The molecule has 0 unspecified atom stereocenters. The van der Waals surface area contributed by atoms with E-state index in [2.05, 4.69) is 10.4 Å². The number of methoxy groups -OCH3 is 1. The number of hydrogen-bond acceptors (Lipinski definition) is 5. The molecule has 21 heavy (non-hydrogen) atoms. The van der Waals surface area contributed by atoms with Gasteiger partial charge in [0.2, 0.25) is 10.0 Å². The summed E-state index contributed by atoms with van der Waals surface area (Å²) in [5.74, 6) is 0. The maximum atomic E-state index is 12.6. The molecule has 1 N–H and O–H groups in total. The lowest BCUT2D eigenvalue weighted by Crippen LogP contribution is -2.31. The SMILES string of the molecule is CCNCCn1nc(C)c(S(=O)(=O)N(C)CCOC)c1C. The fourth-order valence-electron chi connectivity index (χ4n) is 2.13. The van der Waals surface area contributed by atoms with Gasteiger partial charge in [0.25, 0.3) is 0 Å². The van der Waals surface area contributed by atoms with Crippen LogP contribution in [-0.2, 0) is 21.3 Å². The third kappa shape index (κ3) is 4.26. The molecule has 1 aromatic heterocycles. The molecule has 1 rings (SSSR count). The Morgan fingerprint density at radius 3 is 2.62 bits per heavy atom. The van der Waals surface area contributed by atoms with Crippen LogP contribution in [0.15, 0.2) is 4.90 Å². The van der Waals surface area contributed by atoms with Crippen LogP contribution in [0.2, 0.25) is 0 Å². The van der Waals surface area contributed by atoms with E-state index >= 15 is 0 Å². The minimum Gasteiger partial charge on any atom is -0.383 e. The lowest BCUT2D eigenvalue weighted by atomic mass is 10.4. The molecule has 122 valence electrons. The molecule has 0 amide bonds. The average Bonchev–Trinajstić information content (AvgIpc) is 2.71. The van der Waals surface area contributed by atoms with Crippen LogP contribution in [0.3, 0.4) is 0 Å². The van der Waals surface area contributed by atoms with Gasteiger partial charge in [-0.05, 0) is 20.4 Å². The van der Waals surface area contributed by atoms with E-state index in [1.54, 1.807) is 32.7 Å². The van der Waals surface area contributed by atoms with Crippen molar-refractivity contribution in [3.05, 3.63) is 11.4 Å². The van der Waals surface area contributed by atoms with Crippen molar-refractivity contribution in [1.82, 2.24) is 19.4 Å². The second kappa shape index (κ2) is 7.88. The molecule has 0 bridgehead atoms. The molecule has 0 aromatic carbocycles. The van der Waals surface area contributed by atoms with Gasteiger partial charge in [-0.1, -0.05) is 6.92 Å². The van der Waals surface area contributed by atoms with E-state index < -0.39 is 10.0 Å². The zero-order valence-electron chi connectivity index (χ0n) is 13.5. The summed E-state index contributed by atoms with van der Waals surface area (Å²) < 4.78 is 33.2. The van der Waals surface area contributed by atoms with Crippen molar-refractivity contribution >= 4 is 10.0 Å². The number of aromatic nitrogens is 2. The number of nitrogens with zero attached hydrogens (tertiary/aromatic N) is 3. The summed E-state index contributed by atoms with van der Waals surface area (Å²) in [6, 6.07) is 0. The summed E-state index contributed by atoms with van der Waals surface area (Å²) in [7, 11) is -0.423. The van der Waals surface area contributed by atoms with Gasteiger partial charge in [-0.15, -0.1) is 0 Å². The third-order valence-electron chi connectivity index (χ3n) is 3.34. The molecule has 8 heteroatoms. The standard InChI is InChI=1S/C13H26N4O3S/c1-6-14-7-8-17-12(3)13(11(2)15-17)21(18,19)16(4)9-10-20-5/h14H,6-10H2,1-5H3. The molecule has 1 heterocycles. The summed E-state index contributed by atoms with van der Waals surface area (Å²) >= 11 is 0. The number of likely N-dealkylation sites (N-methyl/N-ethyl adjacent to an activating group) is 2. The van der Waals surface area contributed by atoms with Crippen LogP contribution in [0.4, 0.5) is 0 Å². The highest BCUT2D eigenvalue weighted by atomic mass is 32.2. The minimum absolute atomic E-state index is 0.303. The molecular formula is C13H26N4O3S. The smallest absolute Gasteiger partial charge is 0.246 e. The van der Waals surface area contributed by atoms with Gasteiger partial charge in [0.05, 0.1) is 24.5 Å². The molecular weight excluding hydrogens is 292 g/mol. The van der Waals surface area contributed by atoms with Crippen LogP contribution < -0.4 is 5.32 Å². The molecule has 0 radical (unpaired) electrons. The van der Waals surface area contributed by atoms with E-state index in [9.17, 15) is 8.42 Å². The van der Waals surface area contributed by atoms with E-state index in [0.717, 1.165) is 13.1 Å². The first-order valence-corrected chi connectivity index (χ1v) is 8.50. The van der Waals surface area contributed by atoms with Crippen molar-refractivity contribution in [3.63, 3.8) is 0 Å². The second-order valence-electron chi connectivity index (χ2n) is 4.90. The molecule has 0 aliphatic carbocycles. The highest BCUT2D eigenvalue weighted by molar-refractivity contribution is 7.89. The quantitative estimate of drug-likeness (QED) is 0.666. The predicted octanol–water partition coefficient (Wildman–Crippen LogP) is 0.376. The molecule has 0 saturated carbocycles. The fraction of sp³-hybridized carbons (Fsp3) is 0.769. The zero-order valence-corrected chi connectivity index (χ0v) is 14.3. The summed E-state index contributed by atoms with van der Waals surface area (Å²) in [5.41, 5.74) is 1.21. The summed E-state index contributed by atoms with van der Waals surface area (Å²) in [6.45, 7) is 8.53. The Bertz CT molecular complexity index is 554. The first kappa shape index (κ1) is 18.1. The van der Waals surface area contributed by atoms with Crippen molar-refractivity contribution in [2.45, 2.75) is 32.2 Å². The van der Waals surface area contributed by atoms with Gasteiger partial charge in [-0.25, -0.2) is 8.42 Å². The summed E-state index contributed by atoms with van der Waals surface area (Å²) in [6.07, 6.45) is 0. The first-order chi connectivity index (χ1) is 9.86. The topological polar surface area (TPSA) is 76.5 Å². The summed E-state index contributed by atoms with van der Waals surface area (Å²) in [4.78, 5) is 0.303. The Morgan fingerprint density at radius 1 is 1.38 bits per heavy atom. The van der Waals surface area contributed by atoms with Gasteiger partial charge in [0, 0.05) is 27.2 Å². The van der Waals surface area contributed by atoms with Crippen LogP contribution in [0.25, 0.3) is 0 Å². The second-order valence-corrected chi connectivity index (χ2v) is 6.88. The Labute approximate surface area is 127 Å². The van der Waals surface area contributed by atoms with Gasteiger partial charge in [0.15, 0.2) is 0 Å². The maximum Gasteiger partial charge on any atom is 0.246 e. The highest BCUT2D eigenvalue weighted by Gasteiger charge is 2.28. The van der Waals surface area contributed by atoms with Crippen LogP contribution in [0, 0.1) is 13.8 Å². The van der Waals surface area contributed by atoms with Crippen molar-refractivity contribution in [2.75, 3.05) is 40.4 Å². The van der Waals surface area contributed by atoms with E-state index in [1.807, 2.05) is 6.92 Å². The normalized spacial score (nSPS) is 12.3. The van der Waals surface area contributed by atoms with Crippen molar-refractivity contribution < 1.29 is 13.2 Å². The minimum atomic E-state index is -3.53. The molecule has 0 aliphatic heterocycles. The number of nitrogens with one attached hydrogen (secondary N) is 1. The largest absolute Gasteiger partial charge is 0.383 e. The van der Waals surface area contributed by atoms with E-state index in [1.165, 1.54) is 4.31 Å². The Hall–Kier alpha value is -0.960. The average molecular weight is 318 g/mol. The molecule has 0 saturated heterocycles. The maximum absolute atomic E-state index is 12.6. The number of hydrogen-bond donors (Lipinski definition) is 1. The monoisotopic (exact) mass is 318 g/mol. The fourth-order valence-corrected chi connectivity index (χ4v) is 3.65. The van der Waals surface area contributed by atoms with Gasteiger partial charge < -0.3 is 10.1 Å². The van der Waals surface area contributed by atoms with Crippen LogP contribution in [0.5, 0.6) is 0 Å². The van der Waals surface area contributed by atoms with Gasteiger partial charge in [0.1, 0.15) is 4.90 Å². The van der Waals surface area contributed by atoms with Crippen LogP contribution in [-0.4, -0.2) is 62.9 Å².